The minimum Gasteiger partial charge on any atom is -0.496 e. The van der Waals surface area contributed by atoms with Crippen molar-refractivity contribution in [2.45, 2.75) is 56.7 Å². The van der Waals surface area contributed by atoms with E-state index in [4.69, 9.17) is 27.9 Å². The lowest BCUT2D eigenvalue weighted by Crippen LogP contribution is -2.25. The Labute approximate surface area is 211 Å². The molecule has 34 heavy (non-hydrogen) atoms. The molecule has 0 aromatic heterocycles. The van der Waals surface area contributed by atoms with Crippen LogP contribution in [0.2, 0.25) is 0 Å². The van der Waals surface area contributed by atoms with Crippen molar-refractivity contribution in [3.05, 3.63) is 80.9 Å². The van der Waals surface area contributed by atoms with Gasteiger partial charge in [0.15, 0.2) is 0 Å². The van der Waals surface area contributed by atoms with E-state index in [0.29, 0.717) is 11.8 Å². The van der Waals surface area contributed by atoms with Crippen LogP contribution in [-0.4, -0.2) is 12.0 Å². The van der Waals surface area contributed by atoms with E-state index in [-0.39, 0.29) is 16.0 Å². The van der Waals surface area contributed by atoms with Crippen molar-refractivity contribution in [1.82, 2.24) is 0 Å². The molecule has 0 heterocycles. The van der Waals surface area contributed by atoms with Crippen LogP contribution in [0, 0.1) is 10.1 Å². The lowest BCUT2D eigenvalue weighted by molar-refractivity contribution is -0.384. The molecule has 3 aromatic carbocycles. The molecule has 6 heteroatoms. The molecule has 0 amide bonds. The highest BCUT2D eigenvalue weighted by Gasteiger charge is 2.42. The van der Waals surface area contributed by atoms with Crippen LogP contribution in [0.5, 0.6) is 5.75 Å². The van der Waals surface area contributed by atoms with Gasteiger partial charge in [0.2, 0.25) is 0 Å². The number of halogens is 2. The maximum atomic E-state index is 11.6. The van der Waals surface area contributed by atoms with E-state index in [1.807, 2.05) is 12.1 Å². The summed E-state index contributed by atoms with van der Waals surface area (Å²) in [5.74, 6) is 1.43. The van der Waals surface area contributed by atoms with Crippen LogP contribution in [0.3, 0.4) is 0 Å². The average Bonchev–Trinajstić information content (AvgIpc) is 3.12. The van der Waals surface area contributed by atoms with Crippen molar-refractivity contribution >= 4 is 28.9 Å². The van der Waals surface area contributed by atoms with Crippen LogP contribution in [0.25, 0.3) is 22.3 Å². The van der Waals surface area contributed by atoms with Gasteiger partial charge in [-0.25, -0.2) is 0 Å². The summed E-state index contributed by atoms with van der Waals surface area (Å²) in [6.45, 7) is 4.36. The number of non-ortho nitro benzene ring substituents is 1. The van der Waals surface area contributed by atoms with Gasteiger partial charge in [-0.15, -0.1) is 23.2 Å². The molecule has 0 spiro atoms. The van der Waals surface area contributed by atoms with Gasteiger partial charge in [0.25, 0.3) is 5.69 Å². The molecule has 0 bridgehead atoms. The van der Waals surface area contributed by atoms with Gasteiger partial charge in [0, 0.05) is 29.0 Å². The first-order chi connectivity index (χ1) is 16.4. The highest BCUT2D eigenvalue weighted by Crippen LogP contribution is 2.55. The van der Waals surface area contributed by atoms with Crippen molar-refractivity contribution in [3.63, 3.8) is 0 Å². The van der Waals surface area contributed by atoms with Gasteiger partial charge < -0.3 is 4.74 Å². The Balaban J connectivity index is 1.97. The molecule has 0 N–H and O–H groups in total. The number of methoxy groups -OCH3 is 1. The Morgan fingerprint density at radius 1 is 0.853 bits per heavy atom. The van der Waals surface area contributed by atoms with Crippen molar-refractivity contribution in [3.8, 4) is 28.0 Å². The SMILES string of the molecule is CCCC1(CCC)c2cc(-c3cc(CCl)c(OC)cc3CCl)ccc2-c2ccc([N+](=O)[O-])cc21. The average molecular weight is 498 g/mol. The molecule has 0 fully saturated rings. The quantitative estimate of drug-likeness (QED) is 0.169. The lowest BCUT2D eigenvalue weighted by Gasteiger charge is -2.32. The summed E-state index contributed by atoms with van der Waals surface area (Å²) in [4.78, 5) is 11.3. The normalized spacial score (nSPS) is 13.4. The van der Waals surface area contributed by atoms with E-state index in [9.17, 15) is 10.1 Å². The highest BCUT2D eigenvalue weighted by atomic mass is 35.5. The van der Waals surface area contributed by atoms with E-state index >= 15 is 0 Å². The topological polar surface area (TPSA) is 52.4 Å². The number of ether oxygens (including phenoxy) is 1. The first-order valence-corrected chi connectivity index (χ1v) is 12.8. The number of hydrogen-bond acceptors (Lipinski definition) is 3. The zero-order valence-corrected chi connectivity index (χ0v) is 21.3. The Bertz CT molecular complexity index is 1230. The summed E-state index contributed by atoms with van der Waals surface area (Å²) in [7, 11) is 1.64. The summed E-state index contributed by atoms with van der Waals surface area (Å²) in [6, 6.07) is 15.9. The van der Waals surface area contributed by atoms with Crippen molar-refractivity contribution < 1.29 is 9.66 Å². The van der Waals surface area contributed by atoms with E-state index in [1.54, 1.807) is 19.2 Å². The first kappa shape index (κ1) is 24.6. The number of nitro groups is 1. The molecule has 4 rings (SSSR count). The summed E-state index contributed by atoms with van der Waals surface area (Å²) in [5, 5.41) is 11.6. The molecule has 3 aromatic rings. The van der Waals surface area contributed by atoms with Crippen LogP contribution >= 0.6 is 23.2 Å². The van der Waals surface area contributed by atoms with Gasteiger partial charge in [-0.3, -0.25) is 10.1 Å². The van der Waals surface area contributed by atoms with Gasteiger partial charge in [-0.1, -0.05) is 38.8 Å². The number of rotatable bonds is 9. The smallest absolute Gasteiger partial charge is 0.269 e. The molecule has 1 aliphatic rings. The van der Waals surface area contributed by atoms with Crippen molar-refractivity contribution in [1.29, 1.82) is 0 Å². The van der Waals surface area contributed by atoms with Crippen LogP contribution < -0.4 is 4.74 Å². The molecule has 178 valence electrons. The van der Waals surface area contributed by atoms with E-state index in [2.05, 4.69) is 38.1 Å². The fourth-order valence-corrected chi connectivity index (χ4v) is 6.05. The Morgan fingerprint density at radius 2 is 1.47 bits per heavy atom. The van der Waals surface area contributed by atoms with E-state index in [1.165, 1.54) is 5.56 Å². The fourth-order valence-electron chi connectivity index (χ4n) is 5.62. The van der Waals surface area contributed by atoms with Gasteiger partial charge in [-0.05, 0) is 76.1 Å². The lowest BCUT2D eigenvalue weighted by atomic mass is 9.71. The zero-order chi connectivity index (χ0) is 24.5. The summed E-state index contributed by atoms with van der Waals surface area (Å²) in [5.41, 5.74) is 8.49. The number of fused-ring (bicyclic) bond motifs is 3. The largest absolute Gasteiger partial charge is 0.496 e. The van der Waals surface area contributed by atoms with Crippen LogP contribution in [0.1, 0.15) is 61.8 Å². The predicted octanol–water partition coefficient (Wildman–Crippen LogP) is 8.61. The number of hydrogen-bond donors (Lipinski definition) is 0. The maximum Gasteiger partial charge on any atom is 0.269 e. The van der Waals surface area contributed by atoms with Gasteiger partial charge in [0.1, 0.15) is 5.75 Å². The highest BCUT2D eigenvalue weighted by molar-refractivity contribution is 6.18. The number of nitro benzene ring substituents is 1. The van der Waals surface area contributed by atoms with Crippen LogP contribution in [0.4, 0.5) is 5.69 Å². The minimum atomic E-state index is -0.296. The molecule has 0 saturated heterocycles. The van der Waals surface area contributed by atoms with Crippen LogP contribution in [0.15, 0.2) is 48.5 Å². The predicted molar refractivity (Wildman–Crippen MR) is 140 cm³/mol. The molecule has 0 radical (unpaired) electrons. The van der Waals surface area contributed by atoms with Gasteiger partial charge in [0.05, 0.1) is 17.9 Å². The Hall–Kier alpha value is -2.56. The van der Waals surface area contributed by atoms with E-state index in [0.717, 1.165) is 70.4 Å². The zero-order valence-electron chi connectivity index (χ0n) is 19.8. The van der Waals surface area contributed by atoms with Gasteiger partial charge >= 0.3 is 0 Å². The molecular weight excluding hydrogens is 469 g/mol. The second-order valence-corrected chi connectivity index (χ2v) is 9.45. The Kier molecular flexibility index (Phi) is 7.20. The standard InChI is InChI=1S/C28H29Cl2NO3/c1-4-10-28(11-5-2)25-13-18(24-12-20(17-30)27(34-3)14-19(24)16-29)6-8-22(25)23-9-7-21(31(32)33)15-26(23)28/h6-9,12-15H,4-5,10-11,16-17H2,1-3H3. The van der Waals surface area contributed by atoms with E-state index < -0.39 is 0 Å². The van der Waals surface area contributed by atoms with Crippen molar-refractivity contribution in [2.75, 3.05) is 7.11 Å². The molecule has 4 nitrogen and oxygen atoms in total. The minimum absolute atomic E-state index is 0.148. The second-order valence-electron chi connectivity index (χ2n) is 8.92. The number of nitrogens with zero attached hydrogens (tertiary/aromatic N) is 1. The van der Waals surface area contributed by atoms with Crippen molar-refractivity contribution in [2.24, 2.45) is 0 Å². The molecule has 0 atom stereocenters. The van der Waals surface area contributed by atoms with Gasteiger partial charge in [-0.2, -0.15) is 0 Å². The number of alkyl halides is 2. The molecule has 0 saturated carbocycles. The number of benzene rings is 3. The van der Waals surface area contributed by atoms with Crippen LogP contribution in [-0.2, 0) is 17.2 Å². The third-order valence-corrected chi connectivity index (χ3v) is 7.59. The molecule has 0 unspecified atom stereocenters. The fraction of sp³-hybridized carbons (Fsp3) is 0.357. The first-order valence-electron chi connectivity index (χ1n) is 11.7. The summed E-state index contributed by atoms with van der Waals surface area (Å²) in [6.07, 6.45) is 3.84. The second kappa shape index (κ2) is 9.97. The Morgan fingerprint density at radius 3 is 2.03 bits per heavy atom. The summed E-state index contributed by atoms with van der Waals surface area (Å²) >= 11 is 12.6. The summed E-state index contributed by atoms with van der Waals surface area (Å²) < 4.78 is 5.52. The third-order valence-electron chi connectivity index (χ3n) is 7.01. The maximum absolute atomic E-state index is 11.6. The molecule has 0 aliphatic heterocycles. The molecular formula is C28H29Cl2NO3. The monoisotopic (exact) mass is 497 g/mol. The molecule has 1 aliphatic carbocycles. The third kappa shape index (κ3) is 3.97.